The van der Waals surface area contributed by atoms with Crippen molar-refractivity contribution < 1.29 is 23.9 Å². The molecule has 8 nitrogen and oxygen atoms in total. The van der Waals surface area contributed by atoms with Gasteiger partial charge in [-0.3, -0.25) is 9.59 Å². The molecule has 8 heteroatoms. The molecule has 0 aromatic heterocycles. The monoisotopic (exact) mass is 473 g/mol. The molecule has 2 atom stereocenters. The van der Waals surface area contributed by atoms with Gasteiger partial charge in [0.2, 0.25) is 0 Å². The minimum atomic E-state index is -1.12. The van der Waals surface area contributed by atoms with Crippen LogP contribution in [0.1, 0.15) is 24.1 Å². The highest BCUT2D eigenvalue weighted by atomic mass is 16.6. The summed E-state index contributed by atoms with van der Waals surface area (Å²) in [5.74, 6) is -0.234. The van der Waals surface area contributed by atoms with E-state index in [-0.39, 0.29) is 12.5 Å². The van der Waals surface area contributed by atoms with Crippen molar-refractivity contribution in [2.75, 3.05) is 19.1 Å². The zero-order valence-corrected chi connectivity index (χ0v) is 19.8. The number of hydrogen-bond donors (Lipinski definition) is 2. The zero-order chi connectivity index (χ0) is 24.9. The number of likely N-dealkylation sites (N-methyl/N-ethyl adjacent to an activating group) is 1. The third-order valence-electron chi connectivity index (χ3n) is 5.96. The van der Waals surface area contributed by atoms with Gasteiger partial charge in [-0.1, -0.05) is 60.7 Å². The second kappa shape index (κ2) is 10.3. The van der Waals surface area contributed by atoms with Gasteiger partial charge in [0.1, 0.15) is 11.8 Å². The number of nitrogens with zero attached hydrogens (tertiary/aromatic N) is 1. The summed E-state index contributed by atoms with van der Waals surface area (Å²) in [6.45, 7) is 1.64. The number of carbonyl (C=O) groups is 3. The van der Waals surface area contributed by atoms with Gasteiger partial charge in [0, 0.05) is 24.7 Å². The van der Waals surface area contributed by atoms with Gasteiger partial charge in [-0.2, -0.15) is 0 Å². The molecule has 1 heterocycles. The van der Waals surface area contributed by atoms with Crippen LogP contribution in [0.5, 0.6) is 5.75 Å². The fourth-order valence-electron chi connectivity index (χ4n) is 4.10. The number of fused-ring (bicyclic) bond motifs is 3. The standard InChI is InChI=1S/C27H27N3O5/c1-17(35-27(33)28-16-18-10-4-9-15-23(18)34-3)25(31)29-24-21-13-6-5-11-19(21)20-12-7-8-14-22(20)30(2)26(24)32/h4-15,17,24H,16H2,1-3H3,(H,28,33)(H,29,31)/t17-,24?/m0/s1. The number of benzene rings is 3. The van der Waals surface area contributed by atoms with E-state index in [0.29, 0.717) is 11.3 Å². The van der Waals surface area contributed by atoms with E-state index in [1.165, 1.54) is 11.8 Å². The van der Waals surface area contributed by atoms with Gasteiger partial charge < -0.3 is 25.0 Å². The molecule has 0 spiro atoms. The fraction of sp³-hybridized carbons (Fsp3) is 0.222. The van der Waals surface area contributed by atoms with E-state index in [0.717, 1.165) is 22.4 Å². The van der Waals surface area contributed by atoms with E-state index in [1.807, 2.05) is 66.7 Å². The topological polar surface area (TPSA) is 97.0 Å². The van der Waals surface area contributed by atoms with Gasteiger partial charge >= 0.3 is 6.09 Å². The molecule has 3 amide bonds. The van der Waals surface area contributed by atoms with Crippen molar-refractivity contribution in [1.29, 1.82) is 0 Å². The average molecular weight is 474 g/mol. The molecule has 2 N–H and O–H groups in total. The highest BCUT2D eigenvalue weighted by molar-refractivity contribution is 6.06. The van der Waals surface area contributed by atoms with Crippen molar-refractivity contribution in [2.24, 2.45) is 0 Å². The Labute approximate surface area is 203 Å². The first-order chi connectivity index (χ1) is 16.9. The summed E-state index contributed by atoms with van der Waals surface area (Å²) in [7, 11) is 3.23. The first kappa shape index (κ1) is 23.8. The number of ether oxygens (including phenoxy) is 2. The number of rotatable bonds is 6. The first-order valence-corrected chi connectivity index (χ1v) is 11.2. The molecular weight excluding hydrogens is 446 g/mol. The highest BCUT2D eigenvalue weighted by Gasteiger charge is 2.34. The lowest BCUT2D eigenvalue weighted by Crippen LogP contribution is -2.45. The number of amides is 3. The zero-order valence-electron chi connectivity index (χ0n) is 19.8. The van der Waals surface area contributed by atoms with Crippen molar-refractivity contribution in [3.8, 4) is 16.9 Å². The van der Waals surface area contributed by atoms with Crippen LogP contribution in [0.4, 0.5) is 10.5 Å². The summed E-state index contributed by atoms with van der Waals surface area (Å²) in [4.78, 5) is 40.2. The summed E-state index contributed by atoms with van der Waals surface area (Å²) >= 11 is 0. The van der Waals surface area contributed by atoms with Gasteiger partial charge in [0.05, 0.1) is 12.8 Å². The van der Waals surface area contributed by atoms with Crippen LogP contribution in [0.3, 0.4) is 0 Å². The molecule has 3 aromatic carbocycles. The lowest BCUT2D eigenvalue weighted by molar-refractivity contribution is -0.132. The summed E-state index contributed by atoms with van der Waals surface area (Å²) in [6.07, 6.45) is -1.88. The molecule has 1 aliphatic heterocycles. The lowest BCUT2D eigenvalue weighted by Gasteiger charge is -2.24. The van der Waals surface area contributed by atoms with Crippen molar-refractivity contribution in [2.45, 2.75) is 25.6 Å². The summed E-state index contributed by atoms with van der Waals surface area (Å²) in [5, 5.41) is 5.39. The Morgan fingerprint density at radius 3 is 2.40 bits per heavy atom. The molecule has 0 saturated heterocycles. The van der Waals surface area contributed by atoms with E-state index in [9.17, 15) is 14.4 Å². The maximum atomic E-state index is 13.4. The molecule has 0 bridgehead atoms. The number of alkyl carbamates (subject to hydrolysis) is 1. The molecule has 0 fully saturated rings. The normalized spacial score (nSPS) is 15.2. The molecule has 1 aliphatic rings. The minimum absolute atomic E-state index is 0.175. The van der Waals surface area contributed by atoms with E-state index in [4.69, 9.17) is 9.47 Å². The van der Waals surface area contributed by atoms with Gasteiger partial charge in [0.15, 0.2) is 6.10 Å². The van der Waals surface area contributed by atoms with Gasteiger partial charge in [0.25, 0.3) is 11.8 Å². The van der Waals surface area contributed by atoms with Crippen LogP contribution in [0, 0.1) is 0 Å². The largest absolute Gasteiger partial charge is 0.496 e. The molecule has 0 saturated carbocycles. The van der Waals surface area contributed by atoms with Crippen LogP contribution >= 0.6 is 0 Å². The van der Waals surface area contributed by atoms with Crippen molar-refractivity contribution in [3.63, 3.8) is 0 Å². The van der Waals surface area contributed by atoms with E-state index in [2.05, 4.69) is 10.6 Å². The van der Waals surface area contributed by atoms with Crippen molar-refractivity contribution in [1.82, 2.24) is 10.6 Å². The lowest BCUT2D eigenvalue weighted by atomic mass is 9.95. The predicted octanol–water partition coefficient (Wildman–Crippen LogP) is 3.81. The summed E-state index contributed by atoms with van der Waals surface area (Å²) in [5.41, 5.74) is 3.95. The van der Waals surface area contributed by atoms with E-state index < -0.39 is 24.1 Å². The van der Waals surface area contributed by atoms with Crippen LogP contribution in [0.25, 0.3) is 11.1 Å². The SMILES string of the molecule is COc1ccccc1CNC(=O)O[C@@H](C)C(=O)NC1C(=O)N(C)c2ccccc2-c2ccccc21. The molecular formula is C27H27N3O5. The molecule has 1 unspecified atom stereocenters. The molecule has 0 aliphatic carbocycles. The Morgan fingerprint density at radius 1 is 0.971 bits per heavy atom. The average Bonchev–Trinajstić information content (AvgIpc) is 2.97. The smallest absolute Gasteiger partial charge is 0.408 e. The predicted molar refractivity (Wildman–Crippen MR) is 132 cm³/mol. The van der Waals surface area contributed by atoms with E-state index >= 15 is 0 Å². The molecule has 3 aromatic rings. The van der Waals surface area contributed by atoms with Crippen LogP contribution in [0.15, 0.2) is 72.8 Å². The quantitative estimate of drug-likeness (QED) is 0.568. The number of methoxy groups -OCH3 is 1. The summed E-state index contributed by atoms with van der Waals surface area (Å²) < 4.78 is 10.5. The fourth-order valence-corrected chi connectivity index (χ4v) is 4.10. The maximum absolute atomic E-state index is 13.4. The minimum Gasteiger partial charge on any atom is -0.496 e. The Morgan fingerprint density at radius 2 is 1.63 bits per heavy atom. The Kier molecular flexibility index (Phi) is 7.01. The highest BCUT2D eigenvalue weighted by Crippen LogP contribution is 2.39. The van der Waals surface area contributed by atoms with Crippen LogP contribution in [-0.4, -0.2) is 38.2 Å². The van der Waals surface area contributed by atoms with Crippen LogP contribution < -0.4 is 20.3 Å². The number of carbonyl (C=O) groups excluding carboxylic acids is 3. The second-order valence-electron chi connectivity index (χ2n) is 8.16. The molecule has 0 radical (unpaired) electrons. The van der Waals surface area contributed by atoms with Gasteiger partial charge in [-0.25, -0.2) is 4.79 Å². The van der Waals surface area contributed by atoms with E-state index in [1.54, 1.807) is 20.2 Å². The number of anilines is 1. The Bertz CT molecular complexity index is 1260. The number of hydrogen-bond acceptors (Lipinski definition) is 5. The second-order valence-corrected chi connectivity index (χ2v) is 8.16. The Balaban J connectivity index is 1.46. The van der Waals surface area contributed by atoms with Gasteiger partial charge in [-0.05, 0) is 30.2 Å². The third kappa shape index (κ3) is 4.96. The maximum Gasteiger partial charge on any atom is 0.408 e. The van der Waals surface area contributed by atoms with Crippen LogP contribution in [0.2, 0.25) is 0 Å². The Hall–Kier alpha value is -4.33. The molecule has 180 valence electrons. The summed E-state index contributed by atoms with van der Waals surface area (Å²) in [6, 6.07) is 21.4. The molecule has 35 heavy (non-hydrogen) atoms. The molecule has 4 rings (SSSR count). The number of para-hydroxylation sites is 2. The third-order valence-corrected chi connectivity index (χ3v) is 5.96. The van der Waals surface area contributed by atoms with Crippen molar-refractivity contribution >= 4 is 23.6 Å². The van der Waals surface area contributed by atoms with Gasteiger partial charge in [-0.15, -0.1) is 0 Å². The van der Waals surface area contributed by atoms with Crippen molar-refractivity contribution in [3.05, 3.63) is 83.9 Å². The first-order valence-electron chi connectivity index (χ1n) is 11.2. The van der Waals surface area contributed by atoms with Crippen LogP contribution in [-0.2, 0) is 20.9 Å². The number of nitrogens with one attached hydrogen (secondary N) is 2.